The second-order valence-corrected chi connectivity index (χ2v) is 8.06. The first-order valence-electron chi connectivity index (χ1n) is 10.8. The van der Waals surface area contributed by atoms with Crippen LogP contribution in [0.15, 0.2) is 59.1 Å². The molecule has 1 aliphatic heterocycles. The summed E-state index contributed by atoms with van der Waals surface area (Å²) < 4.78 is 11.1. The molecule has 1 saturated heterocycles. The van der Waals surface area contributed by atoms with Crippen LogP contribution >= 0.6 is 0 Å². The Morgan fingerprint density at radius 1 is 1.13 bits per heavy atom. The van der Waals surface area contributed by atoms with Crippen molar-refractivity contribution < 1.29 is 14.1 Å². The number of amides is 1. The molecule has 0 saturated carbocycles. The van der Waals surface area contributed by atoms with Gasteiger partial charge in [-0.2, -0.15) is 0 Å². The number of aromatic nitrogens is 1. The Morgan fingerprint density at radius 3 is 2.61 bits per heavy atom. The maximum absolute atomic E-state index is 11.2. The Morgan fingerprint density at radius 2 is 1.90 bits per heavy atom. The maximum atomic E-state index is 11.2. The van der Waals surface area contributed by atoms with Crippen LogP contribution in [0.5, 0.6) is 5.75 Å². The monoisotopic (exact) mass is 419 g/mol. The molecular weight excluding hydrogens is 390 g/mol. The van der Waals surface area contributed by atoms with Crippen LogP contribution in [0.3, 0.4) is 0 Å². The fourth-order valence-electron chi connectivity index (χ4n) is 4.15. The lowest BCUT2D eigenvalue weighted by molar-refractivity contribution is -0.114. The highest BCUT2D eigenvalue weighted by Crippen LogP contribution is 2.34. The summed E-state index contributed by atoms with van der Waals surface area (Å²) in [6.07, 6.45) is 4.65. The van der Waals surface area contributed by atoms with E-state index in [1.165, 1.54) is 31.7 Å². The number of likely N-dealkylation sites (tertiary alicyclic amines) is 1. The van der Waals surface area contributed by atoms with E-state index in [4.69, 9.17) is 9.26 Å². The van der Waals surface area contributed by atoms with Crippen molar-refractivity contribution in [3.05, 3.63) is 65.9 Å². The zero-order valence-corrected chi connectivity index (χ0v) is 18.1. The van der Waals surface area contributed by atoms with Gasteiger partial charge in [0.2, 0.25) is 5.91 Å². The molecule has 2 heterocycles. The largest absolute Gasteiger partial charge is 0.497 e. The first kappa shape index (κ1) is 21.1. The van der Waals surface area contributed by atoms with Crippen LogP contribution in [-0.4, -0.2) is 29.6 Å². The summed E-state index contributed by atoms with van der Waals surface area (Å²) in [5.41, 5.74) is 3.91. The summed E-state index contributed by atoms with van der Waals surface area (Å²) in [6.45, 7) is 3.38. The molecule has 0 spiro atoms. The number of hydrogen-bond donors (Lipinski definition) is 1. The van der Waals surface area contributed by atoms with Crippen LogP contribution in [0.1, 0.15) is 50.0 Å². The Labute approximate surface area is 183 Å². The number of anilines is 1. The highest BCUT2D eigenvalue weighted by Gasteiger charge is 2.26. The van der Waals surface area contributed by atoms with Gasteiger partial charge in [0.1, 0.15) is 11.4 Å². The molecule has 1 fully saturated rings. The third-order valence-electron chi connectivity index (χ3n) is 5.77. The lowest BCUT2D eigenvalue weighted by Gasteiger charge is -2.28. The molecule has 3 aromatic rings. The summed E-state index contributed by atoms with van der Waals surface area (Å²) in [5, 5.41) is 7.17. The van der Waals surface area contributed by atoms with Crippen LogP contribution in [0.2, 0.25) is 0 Å². The molecule has 1 atom stereocenters. The van der Waals surface area contributed by atoms with Gasteiger partial charge in [-0.05, 0) is 61.3 Å². The van der Waals surface area contributed by atoms with Crippen LogP contribution in [0, 0.1) is 0 Å². The molecule has 1 aromatic heterocycles. The van der Waals surface area contributed by atoms with E-state index in [0.717, 1.165) is 48.0 Å². The van der Waals surface area contributed by atoms with E-state index in [0.29, 0.717) is 0 Å². The standard InChI is InChI=1S/C25H29N3O3/c1-18(29)26-21-11-7-19(8-12-21)17-28-15-5-3-4-6-24(28)25-16-23(27-31-25)20-9-13-22(30-2)14-10-20/h7-14,16,24H,3-6,15,17H2,1-2H3,(H,26,29). The van der Waals surface area contributed by atoms with E-state index in [1.807, 2.05) is 36.4 Å². The molecule has 0 bridgehead atoms. The molecule has 6 heteroatoms. The lowest BCUT2D eigenvalue weighted by Crippen LogP contribution is -2.28. The highest BCUT2D eigenvalue weighted by molar-refractivity contribution is 5.88. The van der Waals surface area contributed by atoms with Crippen molar-refractivity contribution in [3.63, 3.8) is 0 Å². The van der Waals surface area contributed by atoms with Gasteiger partial charge >= 0.3 is 0 Å². The van der Waals surface area contributed by atoms with E-state index >= 15 is 0 Å². The molecule has 1 aliphatic rings. The number of rotatable bonds is 6. The van der Waals surface area contributed by atoms with E-state index in [2.05, 4.69) is 33.6 Å². The normalized spacial score (nSPS) is 17.2. The summed E-state index contributed by atoms with van der Waals surface area (Å²) in [4.78, 5) is 13.7. The van der Waals surface area contributed by atoms with Gasteiger partial charge < -0.3 is 14.6 Å². The molecule has 162 valence electrons. The molecule has 1 unspecified atom stereocenters. The number of nitrogens with one attached hydrogen (secondary N) is 1. The molecule has 0 aliphatic carbocycles. The highest BCUT2D eigenvalue weighted by atomic mass is 16.5. The van der Waals surface area contributed by atoms with Crippen LogP contribution in [-0.2, 0) is 11.3 Å². The number of benzene rings is 2. The number of carbonyl (C=O) groups is 1. The van der Waals surface area contributed by atoms with Gasteiger partial charge in [-0.25, -0.2) is 0 Å². The quantitative estimate of drug-likeness (QED) is 0.577. The van der Waals surface area contributed by atoms with E-state index in [9.17, 15) is 4.79 Å². The molecule has 1 amide bonds. The predicted octanol–water partition coefficient (Wildman–Crippen LogP) is 5.43. The van der Waals surface area contributed by atoms with Crippen LogP contribution < -0.4 is 10.1 Å². The van der Waals surface area contributed by atoms with E-state index < -0.39 is 0 Å². The van der Waals surface area contributed by atoms with Gasteiger partial charge in [-0.15, -0.1) is 0 Å². The Hall–Kier alpha value is -3.12. The number of carbonyl (C=O) groups excluding carboxylic acids is 1. The van der Waals surface area contributed by atoms with Gasteiger partial charge in [0.25, 0.3) is 0 Å². The van der Waals surface area contributed by atoms with Crippen molar-refractivity contribution in [1.82, 2.24) is 10.1 Å². The third kappa shape index (κ3) is 5.33. The molecule has 1 N–H and O–H groups in total. The van der Waals surface area contributed by atoms with Crippen molar-refractivity contribution in [2.45, 2.75) is 45.2 Å². The zero-order chi connectivity index (χ0) is 21.6. The van der Waals surface area contributed by atoms with Crippen molar-refractivity contribution in [2.75, 3.05) is 19.0 Å². The van der Waals surface area contributed by atoms with Gasteiger partial charge in [-0.3, -0.25) is 9.69 Å². The van der Waals surface area contributed by atoms with Crippen molar-refractivity contribution >= 4 is 11.6 Å². The van der Waals surface area contributed by atoms with Crippen molar-refractivity contribution in [2.24, 2.45) is 0 Å². The Bertz CT molecular complexity index is 996. The minimum Gasteiger partial charge on any atom is -0.497 e. The fourth-order valence-corrected chi connectivity index (χ4v) is 4.15. The average Bonchev–Trinajstić information content (AvgIpc) is 3.15. The summed E-state index contributed by atoms with van der Waals surface area (Å²) in [6, 6.07) is 18.2. The van der Waals surface area contributed by atoms with Gasteiger partial charge in [0.05, 0.1) is 13.2 Å². The van der Waals surface area contributed by atoms with E-state index in [-0.39, 0.29) is 11.9 Å². The predicted molar refractivity (Wildman–Crippen MR) is 121 cm³/mol. The Balaban J connectivity index is 1.51. The Kier molecular flexibility index (Phi) is 6.67. The summed E-state index contributed by atoms with van der Waals surface area (Å²) >= 11 is 0. The number of ether oxygens (including phenoxy) is 1. The van der Waals surface area contributed by atoms with Crippen LogP contribution in [0.25, 0.3) is 11.3 Å². The molecule has 4 rings (SSSR count). The topological polar surface area (TPSA) is 67.6 Å². The first-order chi connectivity index (χ1) is 15.1. The molecule has 2 aromatic carbocycles. The van der Waals surface area contributed by atoms with Crippen molar-refractivity contribution in [3.8, 4) is 17.0 Å². The third-order valence-corrected chi connectivity index (χ3v) is 5.77. The average molecular weight is 420 g/mol. The van der Waals surface area contributed by atoms with Gasteiger partial charge in [0.15, 0.2) is 5.76 Å². The lowest BCUT2D eigenvalue weighted by atomic mass is 10.0. The fraction of sp³-hybridized carbons (Fsp3) is 0.360. The first-order valence-corrected chi connectivity index (χ1v) is 10.8. The number of methoxy groups -OCH3 is 1. The zero-order valence-electron chi connectivity index (χ0n) is 18.1. The SMILES string of the molecule is COc1ccc(-c2cc(C3CCCCCN3Cc3ccc(NC(C)=O)cc3)on2)cc1. The van der Waals surface area contributed by atoms with Crippen molar-refractivity contribution in [1.29, 1.82) is 0 Å². The smallest absolute Gasteiger partial charge is 0.221 e. The van der Waals surface area contributed by atoms with E-state index in [1.54, 1.807) is 7.11 Å². The maximum Gasteiger partial charge on any atom is 0.221 e. The molecule has 0 radical (unpaired) electrons. The molecule has 31 heavy (non-hydrogen) atoms. The summed E-state index contributed by atoms with van der Waals surface area (Å²) in [7, 11) is 1.66. The number of hydrogen-bond acceptors (Lipinski definition) is 5. The number of nitrogens with zero attached hydrogens (tertiary/aromatic N) is 2. The molecular formula is C25H29N3O3. The molecule has 6 nitrogen and oxygen atoms in total. The minimum atomic E-state index is -0.0571. The van der Waals surface area contributed by atoms with Gasteiger partial charge in [0, 0.05) is 30.8 Å². The summed E-state index contributed by atoms with van der Waals surface area (Å²) in [5.74, 6) is 1.69. The van der Waals surface area contributed by atoms with Gasteiger partial charge in [-0.1, -0.05) is 30.1 Å². The second kappa shape index (κ2) is 9.79. The van der Waals surface area contributed by atoms with Crippen LogP contribution in [0.4, 0.5) is 5.69 Å². The minimum absolute atomic E-state index is 0.0571. The second-order valence-electron chi connectivity index (χ2n) is 8.06.